The molecule has 0 saturated heterocycles. The number of allylic oxidation sites excluding steroid dienone is 1. The van der Waals surface area contributed by atoms with Gasteiger partial charge in [0, 0.05) is 5.92 Å². The lowest BCUT2D eigenvalue weighted by atomic mass is 9.60. The Morgan fingerprint density at radius 2 is 1.42 bits per heavy atom. The summed E-state index contributed by atoms with van der Waals surface area (Å²) in [5.41, 5.74) is -2.36. The highest BCUT2D eigenvalue weighted by atomic mass is 17.2. The Balaban J connectivity index is 1.22. The van der Waals surface area contributed by atoms with Gasteiger partial charge in [0.15, 0.2) is 5.78 Å². The normalized spacial score (nSPS) is 36.2. The van der Waals surface area contributed by atoms with Crippen molar-refractivity contribution in [1.29, 1.82) is 0 Å². The Labute approximate surface area is 261 Å². The summed E-state index contributed by atoms with van der Waals surface area (Å²) in [4.78, 5) is 25.4. The summed E-state index contributed by atoms with van der Waals surface area (Å²) in [6.07, 6.45) is 20.4. The number of rotatable bonds is 18. The van der Waals surface area contributed by atoms with Gasteiger partial charge in [-0.05, 0) is 60.5 Å². The molecule has 4 aliphatic rings. The van der Waals surface area contributed by atoms with Crippen LogP contribution >= 0.6 is 0 Å². The summed E-state index contributed by atoms with van der Waals surface area (Å²) in [5, 5.41) is 35.0. The highest BCUT2D eigenvalue weighted by Gasteiger charge is 2.72. The number of unbranched alkanes of at least 4 members (excludes halogenated alkanes) is 13. The first kappa shape index (κ1) is 34.8. The number of hydrogen-bond acceptors (Lipinski definition) is 6. The van der Waals surface area contributed by atoms with Gasteiger partial charge in [0.2, 0.25) is 0 Å². The van der Waals surface area contributed by atoms with Crippen molar-refractivity contribution in [3.63, 3.8) is 0 Å². The first-order chi connectivity index (χ1) is 20.5. The van der Waals surface area contributed by atoms with Gasteiger partial charge in [0.1, 0.15) is 24.4 Å². The van der Waals surface area contributed by atoms with Crippen LogP contribution in [0.2, 0.25) is 0 Å². The van der Waals surface area contributed by atoms with Crippen molar-refractivity contribution < 1.29 is 29.9 Å². The van der Waals surface area contributed by atoms with Crippen LogP contribution in [-0.4, -0.2) is 52.1 Å². The van der Waals surface area contributed by atoms with E-state index in [1.807, 2.05) is 6.08 Å². The van der Waals surface area contributed by atoms with Crippen LogP contribution in [0, 0.1) is 34.5 Å². The van der Waals surface area contributed by atoms with Gasteiger partial charge >= 0.3 is 0 Å². The molecule has 2 fully saturated rings. The van der Waals surface area contributed by atoms with E-state index in [9.17, 15) is 20.1 Å². The summed E-state index contributed by atoms with van der Waals surface area (Å²) in [6.45, 7) is 11.0. The zero-order chi connectivity index (χ0) is 31.3. The van der Waals surface area contributed by atoms with E-state index in [0.29, 0.717) is 30.1 Å². The molecule has 0 radical (unpaired) electrons. The van der Waals surface area contributed by atoms with E-state index in [-0.39, 0.29) is 29.6 Å². The number of carbonyl (C=O) groups excluding carboxylic acids is 1. The molecule has 0 heterocycles. The second kappa shape index (κ2) is 15.0. The molecule has 43 heavy (non-hydrogen) atoms. The lowest BCUT2D eigenvalue weighted by Crippen LogP contribution is -2.63. The molecule has 3 N–H and O–H groups in total. The standard InChI is InChI=1S/C37H62O6/c1-6-7-8-9-10-11-12-13-14-15-16-17-18-19-20-42-43-25-28-22-29-31-30(35(31,4)5)21-26(2)23-36(34(29)40)24-27(3)32(38)37(36,41)33(28)39/h22,24,26,29-33,38-39,41H,6-21,23,25H2,1-5H3. The van der Waals surface area contributed by atoms with Gasteiger partial charge in [-0.2, -0.15) is 0 Å². The Bertz CT molecular complexity index is 986. The fourth-order valence-electron chi connectivity index (χ4n) is 9.07. The molecule has 0 aromatic carbocycles. The SMILES string of the molecule is CCCCCCCCCCCCCCCCOOCC1=CC2C(=O)C3(C=C(C)C(O)C3(O)C1O)CC(C)CC1C2C1(C)C. The van der Waals surface area contributed by atoms with Gasteiger partial charge in [0.25, 0.3) is 0 Å². The Morgan fingerprint density at radius 1 is 0.860 bits per heavy atom. The van der Waals surface area contributed by atoms with Crippen LogP contribution in [0.5, 0.6) is 0 Å². The van der Waals surface area contributed by atoms with Crippen molar-refractivity contribution >= 4 is 5.78 Å². The number of hydrogen-bond donors (Lipinski definition) is 3. The van der Waals surface area contributed by atoms with Crippen molar-refractivity contribution in [2.24, 2.45) is 34.5 Å². The molecule has 8 unspecified atom stereocenters. The highest BCUT2D eigenvalue weighted by Crippen LogP contribution is 2.69. The van der Waals surface area contributed by atoms with Gasteiger partial charge in [-0.15, -0.1) is 0 Å². The summed E-state index contributed by atoms with van der Waals surface area (Å²) in [6, 6.07) is 0. The van der Waals surface area contributed by atoms with Crippen molar-refractivity contribution in [3.8, 4) is 0 Å². The second-order valence-corrected chi connectivity index (χ2v) is 15.3. The van der Waals surface area contributed by atoms with E-state index in [1.165, 1.54) is 77.0 Å². The predicted molar refractivity (Wildman–Crippen MR) is 171 cm³/mol. The number of ketones is 1. The Hall–Kier alpha value is -1.05. The van der Waals surface area contributed by atoms with Crippen LogP contribution in [0.1, 0.15) is 137 Å². The average Bonchev–Trinajstić information content (AvgIpc) is 3.44. The van der Waals surface area contributed by atoms with Crippen molar-refractivity contribution in [2.75, 3.05) is 13.2 Å². The minimum absolute atomic E-state index is 0.0103. The molecule has 1 spiro atoms. The number of Topliss-reactive ketones (excluding diaryl/α,β-unsaturated/α-hetero) is 1. The quantitative estimate of drug-likeness (QED) is 0.0646. The lowest BCUT2D eigenvalue weighted by Gasteiger charge is -2.47. The summed E-state index contributed by atoms with van der Waals surface area (Å²) in [5.74, 6) is 0.236. The number of carbonyl (C=O) groups is 1. The smallest absolute Gasteiger partial charge is 0.153 e. The molecular formula is C37H62O6. The topological polar surface area (TPSA) is 96.2 Å². The molecule has 6 heteroatoms. The molecule has 0 aliphatic heterocycles. The number of fused-ring (bicyclic) bond motifs is 3. The molecule has 0 aromatic rings. The molecule has 246 valence electrons. The van der Waals surface area contributed by atoms with Gasteiger partial charge in [0.05, 0.1) is 12.0 Å². The van der Waals surface area contributed by atoms with E-state index in [4.69, 9.17) is 9.78 Å². The monoisotopic (exact) mass is 602 g/mol. The number of aliphatic hydroxyl groups is 3. The molecule has 6 nitrogen and oxygen atoms in total. The summed E-state index contributed by atoms with van der Waals surface area (Å²) in [7, 11) is 0. The lowest BCUT2D eigenvalue weighted by molar-refractivity contribution is -0.291. The maximum atomic E-state index is 14.4. The van der Waals surface area contributed by atoms with Crippen LogP contribution in [0.3, 0.4) is 0 Å². The fourth-order valence-corrected chi connectivity index (χ4v) is 9.07. The first-order valence-corrected chi connectivity index (χ1v) is 17.8. The average molecular weight is 603 g/mol. The third-order valence-electron chi connectivity index (χ3n) is 11.7. The largest absolute Gasteiger partial charge is 0.386 e. The van der Waals surface area contributed by atoms with Crippen LogP contribution in [0.15, 0.2) is 23.3 Å². The minimum Gasteiger partial charge on any atom is -0.386 e. The van der Waals surface area contributed by atoms with Crippen molar-refractivity contribution in [2.45, 2.75) is 155 Å². The molecular weight excluding hydrogens is 540 g/mol. The zero-order valence-electron chi connectivity index (χ0n) is 27.9. The van der Waals surface area contributed by atoms with Gasteiger partial charge < -0.3 is 15.3 Å². The van der Waals surface area contributed by atoms with E-state index in [1.54, 1.807) is 13.0 Å². The molecule has 4 aliphatic carbocycles. The third-order valence-corrected chi connectivity index (χ3v) is 11.7. The highest BCUT2D eigenvalue weighted by molar-refractivity contribution is 5.94. The van der Waals surface area contributed by atoms with E-state index < -0.39 is 29.1 Å². The van der Waals surface area contributed by atoms with Crippen LogP contribution < -0.4 is 0 Å². The first-order valence-electron chi connectivity index (χ1n) is 17.8. The van der Waals surface area contributed by atoms with Crippen molar-refractivity contribution in [1.82, 2.24) is 0 Å². The number of aliphatic hydroxyl groups excluding tert-OH is 2. The maximum absolute atomic E-state index is 14.4. The van der Waals surface area contributed by atoms with E-state index in [2.05, 4.69) is 27.7 Å². The fraction of sp³-hybridized carbons (Fsp3) is 0.865. The van der Waals surface area contributed by atoms with Crippen LogP contribution in [-0.2, 0) is 14.6 Å². The molecule has 8 atom stereocenters. The van der Waals surface area contributed by atoms with Crippen LogP contribution in [0.25, 0.3) is 0 Å². The molecule has 2 saturated carbocycles. The zero-order valence-corrected chi connectivity index (χ0v) is 27.9. The molecule has 4 rings (SSSR count). The molecule has 2 bridgehead atoms. The van der Waals surface area contributed by atoms with Crippen LogP contribution in [0.4, 0.5) is 0 Å². The van der Waals surface area contributed by atoms with Gasteiger partial charge in [-0.1, -0.05) is 123 Å². The second-order valence-electron chi connectivity index (χ2n) is 15.3. The Morgan fingerprint density at radius 3 is 2.00 bits per heavy atom. The van der Waals surface area contributed by atoms with Gasteiger partial charge in [-0.3, -0.25) is 4.79 Å². The van der Waals surface area contributed by atoms with Gasteiger partial charge in [-0.25, -0.2) is 9.78 Å². The van der Waals surface area contributed by atoms with Crippen molar-refractivity contribution in [3.05, 3.63) is 23.3 Å². The maximum Gasteiger partial charge on any atom is 0.153 e. The Kier molecular flexibility index (Phi) is 12.2. The molecule has 0 amide bonds. The summed E-state index contributed by atoms with van der Waals surface area (Å²) < 4.78 is 0. The summed E-state index contributed by atoms with van der Waals surface area (Å²) >= 11 is 0. The predicted octanol–water partition coefficient (Wildman–Crippen LogP) is 7.64. The molecule has 0 aromatic heterocycles. The third kappa shape index (κ3) is 7.19. The minimum atomic E-state index is -2.02. The van der Waals surface area contributed by atoms with E-state index >= 15 is 0 Å². The van der Waals surface area contributed by atoms with E-state index in [0.717, 1.165) is 19.3 Å².